The largest absolute Gasteiger partial charge is 0.358 e. The van der Waals surface area contributed by atoms with Crippen molar-refractivity contribution < 1.29 is 14.4 Å². The van der Waals surface area contributed by atoms with E-state index in [0.29, 0.717) is 43.7 Å². The molecule has 1 spiro atoms. The normalized spacial score (nSPS) is 22.9. The number of rotatable bonds is 6. The Morgan fingerprint density at radius 2 is 1.79 bits per heavy atom. The van der Waals surface area contributed by atoms with E-state index in [0.717, 1.165) is 0 Å². The second-order valence-electron chi connectivity index (χ2n) is 10.2. The highest BCUT2D eigenvalue weighted by Gasteiger charge is 2.44. The Kier molecular flexibility index (Phi) is 9.26. The first-order chi connectivity index (χ1) is 20.0. The van der Waals surface area contributed by atoms with Crippen molar-refractivity contribution in [2.24, 2.45) is 43.2 Å². The Balaban J connectivity index is 1.36. The lowest BCUT2D eigenvalue weighted by atomic mass is 9.88. The first kappa shape index (κ1) is 30.3. The summed E-state index contributed by atoms with van der Waals surface area (Å²) in [6.45, 7) is 5.03. The van der Waals surface area contributed by atoms with Gasteiger partial charge in [-0.1, -0.05) is 22.0 Å². The number of aliphatic imine (C=N–C) groups is 1. The van der Waals surface area contributed by atoms with Gasteiger partial charge in [0.05, 0.1) is 12.1 Å². The fourth-order valence-corrected chi connectivity index (χ4v) is 5.02. The highest BCUT2D eigenvalue weighted by Crippen LogP contribution is 2.28. The first-order valence-electron chi connectivity index (χ1n) is 13.1. The molecule has 4 rings (SSSR count). The van der Waals surface area contributed by atoms with Crippen LogP contribution in [-0.4, -0.2) is 77.1 Å². The van der Waals surface area contributed by atoms with Crippen LogP contribution in [0.4, 0.5) is 10.5 Å². The molecule has 11 N–H and O–H groups in total. The Bertz CT molecular complexity index is 1300. The van der Waals surface area contributed by atoms with E-state index in [1.807, 2.05) is 13.8 Å². The summed E-state index contributed by atoms with van der Waals surface area (Å²) in [7, 11) is 0. The van der Waals surface area contributed by atoms with Crippen LogP contribution in [-0.2, 0) is 4.79 Å². The minimum Gasteiger partial charge on any atom is -0.358 e. The van der Waals surface area contributed by atoms with Crippen LogP contribution in [0.1, 0.15) is 37.0 Å². The second kappa shape index (κ2) is 12.9. The van der Waals surface area contributed by atoms with Crippen molar-refractivity contribution in [1.82, 2.24) is 31.2 Å². The Morgan fingerprint density at radius 3 is 2.40 bits per heavy atom. The number of hydrogen-bond donors (Lipinski definition) is 8. The van der Waals surface area contributed by atoms with E-state index in [1.54, 1.807) is 29.2 Å². The van der Waals surface area contributed by atoms with E-state index in [2.05, 4.69) is 52.3 Å². The van der Waals surface area contributed by atoms with Gasteiger partial charge in [-0.05, 0) is 51.0 Å². The monoisotopic (exact) mass is 603 g/mol. The molecule has 0 aliphatic carbocycles. The maximum Gasteiger partial charge on any atom is 0.319 e. The molecule has 3 aliphatic heterocycles. The number of amides is 4. The molecule has 0 aromatic heterocycles. The van der Waals surface area contributed by atoms with Crippen molar-refractivity contribution in [3.05, 3.63) is 40.8 Å². The number of nitrogens with one attached hydrogen (secondary N) is 5. The second-order valence-corrected chi connectivity index (χ2v) is 10.6. The molecule has 2 saturated heterocycles. The standard InChI is InChI=1S/C23H34ClN15O3/c1-12(2)28-22(42)29-14-5-3-13(4-6-14)20(41)38-9-7-23(8-10-38)11-39(27)21(33-23)32-19(40)15-17(34-36-25)31-18(35-37-26)16(24)30-15/h3-6,12,15,17,30-31H,7-11,27H2,1-2H3,(H2,25,34)(H2,26,35)(H2,28,29,42)(H,32,33,40). The zero-order valence-electron chi connectivity index (χ0n) is 23.0. The maximum absolute atomic E-state index is 13.1. The number of guanidine groups is 1. The van der Waals surface area contributed by atoms with Crippen molar-refractivity contribution >= 4 is 41.1 Å². The Hall–Kier alpha value is -4.71. The number of benzene rings is 1. The highest BCUT2D eigenvalue weighted by molar-refractivity contribution is 6.29. The fraction of sp³-hybridized carbons (Fsp3) is 0.478. The molecular weight excluding hydrogens is 570 g/mol. The van der Waals surface area contributed by atoms with E-state index in [1.165, 1.54) is 5.01 Å². The minimum atomic E-state index is -1.08. The van der Waals surface area contributed by atoms with Gasteiger partial charge < -0.3 is 43.2 Å². The van der Waals surface area contributed by atoms with E-state index < -0.39 is 23.7 Å². The molecule has 4 amide bonds. The average Bonchev–Trinajstić information content (AvgIpc) is 3.24. The van der Waals surface area contributed by atoms with Crippen LogP contribution < -0.4 is 44.1 Å². The van der Waals surface area contributed by atoms with E-state index in [9.17, 15) is 14.4 Å². The number of urea groups is 1. The number of anilines is 1. The summed E-state index contributed by atoms with van der Waals surface area (Å²) < 4.78 is 0. The molecule has 0 radical (unpaired) electrons. The van der Waals surface area contributed by atoms with Crippen LogP contribution in [0.25, 0.3) is 0 Å². The number of nitrogens with two attached hydrogens (primary N) is 3. The number of hydrogen-bond acceptors (Lipinski definition) is 10. The van der Waals surface area contributed by atoms with Gasteiger partial charge >= 0.3 is 6.03 Å². The molecule has 0 bridgehead atoms. The third-order valence-corrected chi connectivity index (χ3v) is 7.15. The molecule has 3 aliphatic rings. The Labute approximate surface area is 246 Å². The number of piperidine rings is 1. The summed E-state index contributed by atoms with van der Waals surface area (Å²) in [5, 5.41) is 29.4. The number of carbonyl (C=O) groups is 3. The predicted molar refractivity (Wildman–Crippen MR) is 153 cm³/mol. The van der Waals surface area contributed by atoms with Crippen LogP contribution in [0, 0.1) is 0 Å². The fourth-order valence-electron chi connectivity index (χ4n) is 4.81. The molecule has 2 atom stereocenters. The van der Waals surface area contributed by atoms with Crippen molar-refractivity contribution in [2.75, 3.05) is 25.0 Å². The zero-order chi connectivity index (χ0) is 30.4. The van der Waals surface area contributed by atoms with Crippen molar-refractivity contribution in [1.29, 1.82) is 0 Å². The zero-order valence-corrected chi connectivity index (χ0v) is 23.8. The number of carbonyl (C=O) groups excluding carboxylic acids is 3. The lowest BCUT2D eigenvalue weighted by Crippen LogP contribution is -2.55. The van der Waals surface area contributed by atoms with Gasteiger partial charge in [-0.25, -0.2) is 10.6 Å². The van der Waals surface area contributed by atoms with Crippen LogP contribution in [0.5, 0.6) is 0 Å². The van der Waals surface area contributed by atoms with Gasteiger partial charge in [-0.3, -0.25) is 14.6 Å². The summed E-state index contributed by atoms with van der Waals surface area (Å²) >= 11 is 6.15. The smallest absolute Gasteiger partial charge is 0.319 e. The predicted octanol–water partition coefficient (Wildman–Crippen LogP) is -0.242. The molecule has 1 aromatic carbocycles. The van der Waals surface area contributed by atoms with Crippen LogP contribution in [0.15, 0.2) is 60.9 Å². The summed E-state index contributed by atoms with van der Waals surface area (Å²) in [5.74, 6) is 15.9. The van der Waals surface area contributed by atoms with Gasteiger partial charge in [0.25, 0.3) is 11.8 Å². The topological polar surface area (TPSA) is 258 Å². The van der Waals surface area contributed by atoms with Crippen LogP contribution in [0.2, 0.25) is 0 Å². The molecule has 42 heavy (non-hydrogen) atoms. The van der Waals surface area contributed by atoms with Gasteiger partial charge in [-0.15, -0.1) is 10.2 Å². The van der Waals surface area contributed by atoms with E-state index >= 15 is 0 Å². The van der Waals surface area contributed by atoms with Crippen LogP contribution >= 0.6 is 11.6 Å². The molecule has 1 aromatic rings. The van der Waals surface area contributed by atoms with Gasteiger partial charge in [0.15, 0.2) is 18.0 Å². The molecule has 3 heterocycles. The third kappa shape index (κ3) is 6.95. The molecule has 2 fully saturated rings. The van der Waals surface area contributed by atoms with E-state index in [-0.39, 0.29) is 34.9 Å². The lowest BCUT2D eigenvalue weighted by molar-refractivity contribution is -0.120. The van der Waals surface area contributed by atoms with Crippen molar-refractivity contribution in [2.45, 2.75) is 50.5 Å². The first-order valence-corrected chi connectivity index (χ1v) is 13.5. The third-order valence-electron chi connectivity index (χ3n) is 6.86. The molecule has 0 saturated carbocycles. The number of nitrogens with zero attached hydrogens (tertiary/aromatic N) is 7. The quantitative estimate of drug-likeness (QED) is 0.0915. The van der Waals surface area contributed by atoms with Gasteiger partial charge in [0.2, 0.25) is 5.96 Å². The molecule has 226 valence electrons. The molecule has 19 heteroatoms. The SMILES string of the molecule is CC(C)NC(=O)Nc1ccc(C(=O)N2CCC3(CC2)CN(N)/C(=N\C(=O)C2NC(Cl)=C(N=NN)NC2N=NN)N3)cc1. The van der Waals surface area contributed by atoms with Crippen molar-refractivity contribution in [3.63, 3.8) is 0 Å². The summed E-state index contributed by atoms with van der Waals surface area (Å²) in [5.41, 5.74) is 0.608. The molecular formula is C23H34ClN15O3. The summed E-state index contributed by atoms with van der Waals surface area (Å²) in [6, 6.07) is 5.34. The number of likely N-dealkylation sites (tertiary alicyclic amines) is 1. The van der Waals surface area contributed by atoms with Gasteiger partial charge in [0.1, 0.15) is 5.16 Å². The molecule has 18 nitrogen and oxygen atoms in total. The number of hydrazine groups is 1. The average molecular weight is 604 g/mol. The Morgan fingerprint density at radius 1 is 1.10 bits per heavy atom. The lowest BCUT2D eigenvalue weighted by Gasteiger charge is -2.38. The number of halogens is 1. The maximum atomic E-state index is 13.1. The van der Waals surface area contributed by atoms with Gasteiger partial charge in [-0.2, -0.15) is 4.99 Å². The van der Waals surface area contributed by atoms with Gasteiger partial charge in [0, 0.05) is 30.4 Å². The molecule has 2 unspecified atom stereocenters. The van der Waals surface area contributed by atoms with Crippen molar-refractivity contribution in [3.8, 4) is 0 Å². The van der Waals surface area contributed by atoms with Crippen LogP contribution in [0.3, 0.4) is 0 Å². The summed E-state index contributed by atoms with van der Waals surface area (Å²) in [6.07, 6.45) is 0.154. The van der Waals surface area contributed by atoms with E-state index in [4.69, 9.17) is 29.1 Å². The minimum absolute atomic E-state index is 0.00387. The summed E-state index contributed by atoms with van der Waals surface area (Å²) in [4.78, 5) is 44.1. The highest BCUT2D eigenvalue weighted by atomic mass is 35.5.